The predicted molar refractivity (Wildman–Crippen MR) is 238 cm³/mol. The molecule has 3 aromatic carbocycles. The van der Waals surface area contributed by atoms with Gasteiger partial charge in [0, 0.05) is 73.0 Å². The van der Waals surface area contributed by atoms with Crippen molar-refractivity contribution in [1.82, 2.24) is 25.6 Å². The summed E-state index contributed by atoms with van der Waals surface area (Å²) in [5, 5.41) is 23.7. The highest BCUT2D eigenvalue weighted by Crippen LogP contribution is 2.26. The molecule has 17 heteroatoms. The van der Waals surface area contributed by atoms with Crippen LogP contribution >= 0.6 is 0 Å². The molecule has 0 aliphatic heterocycles. The van der Waals surface area contributed by atoms with Gasteiger partial charge in [-0.25, -0.2) is 4.79 Å². The molecule has 0 saturated heterocycles. The van der Waals surface area contributed by atoms with Crippen LogP contribution in [0.4, 0.5) is 16.3 Å². The number of carbonyl (C=O) groups is 2. The van der Waals surface area contributed by atoms with Gasteiger partial charge in [-0.3, -0.25) is 30.2 Å². The van der Waals surface area contributed by atoms with Gasteiger partial charge in [-0.15, -0.1) is 0 Å². The molecule has 4 N–H and O–H groups in total. The summed E-state index contributed by atoms with van der Waals surface area (Å²) >= 11 is 0. The van der Waals surface area contributed by atoms with Gasteiger partial charge in [0.15, 0.2) is 5.82 Å². The molecule has 0 aliphatic rings. The lowest BCUT2D eigenvalue weighted by atomic mass is 9.93. The van der Waals surface area contributed by atoms with Gasteiger partial charge in [-0.05, 0) is 71.8 Å². The summed E-state index contributed by atoms with van der Waals surface area (Å²) in [4.78, 5) is 41.7. The van der Waals surface area contributed by atoms with Crippen LogP contribution in [-0.2, 0) is 35.1 Å². The first-order valence-electron chi connectivity index (χ1n) is 20.0. The Kier molecular flexibility index (Phi) is 16.4. The molecular formula is C47H50N8O9. The number of anilines is 1. The molecule has 0 atom stereocenters. The van der Waals surface area contributed by atoms with Crippen LogP contribution in [0.15, 0.2) is 143 Å². The number of amides is 2. The van der Waals surface area contributed by atoms with Crippen LogP contribution in [0.1, 0.15) is 69.9 Å². The molecule has 7 aromatic rings. The van der Waals surface area contributed by atoms with E-state index in [4.69, 9.17) is 29.0 Å². The monoisotopic (exact) mass is 870 g/mol. The van der Waals surface area contributed by atoms with Crippen molar-refractivity contribution in [2.75, 3.05) is 5.32 Å². The lowest BCUT2D eigenvalue weighted by Gasteiger charge is -2.12. The number of carbonyl (C=O) groups excluding carboxylic acids is 2. The molecule has 0 saturated carbocycles. The van der Waals surface area contributed by atoms with Crippen molar-refractivity contribution in [3.05, 3.63) is 172 Å². The molecular weight excluding hydrogens is 821 g/mol. The third-order valence-electron chi connectivity index (χ3n) is 8.70. The van der Waals surface area contributed by atoms with Gasteiger partial charge in [0.05, 0.1) is 17.0 Å². The van der Waals surface area contributed by atoms with E-state index >= 15 is 0 Å². The van der Waals surface area contributed by atoms with Crippen LogP contribution < -0.4 is 30.6 Å². The number of esters is 1. The number of non-ortho nitro benzene ring substituents is 1. The zero-order chi connectivity index (χ0) is 46.1. The maximum Gasteiger partial charge on any atom is 0.320 e. The molecule has 0 unspecified atom stereocenters. The molecule has 4 aromatic heterocycles. The minimum absolute atomic E-state index is 0.0312. The molecule has 17 nitrogen and oxygen atoms in total. The van der Waals surface area contributed by atoms with Crippen LogP contribution in [0.5, 0.6) is 28.7 Å². The zero-order valence-corrected chi connectivity index (χ0v) is 36.3. The molecule has 0 radical (unpaired) electrons. The smallest absolute Gasteiger partial charge is 0.320 e. The number of rotatable bonds is 12. The Bertz CT molecular complexity index is 2530. The number of ether oxygens (including phenoxy) is 3. The Morgan fingerprint density at radius 1 is 0.656 bits per heavy atom. The fourth-order valence-corrected chi connectivity index (χ4v) is 5.18. The van der Waals surface area contributed by atoms with Crippen molar-refractivity contribution in [2.45, 2.75) is 71.9 Å². The first kappa shape index (κ1) is 47.1. The van der Waals surface area contributed by atoms with Crippen molar-refractivity contribution in [2.24, 2.45) is 5.73 Å². The molecule has 332 valence electrons. The summed E-state index contributed by atoms with van der Waals surface area (Å²) in [6.45, 7) is 12.9. The van der Waals surface area contributed by atoms with Crippen molar-refractivity contribution >= 4 is 23.5 Å². The Labute approximate surface area is 370 Å². The lowest BCUT2D eigenvalue weighted by molar-refractivity contribution is -0.384. The SMILES string of the molecule is CC(C)(C)c1cc(CC(=O)Oc2ccc([N+](=O)[O-])cc2)no1.CC(C)(C)c1cc(NC(=O)NCc2ccc(Oc3ccncc3)cc2)no1.NCc1ccc(Oc2ccncc2)cc1. The summed E-state index contributed by atoms with van der Waals surface area (Å²) in [5.74, 6) is 4.54. The number of aromatic nitrogens is 4. The fraction of sp³-hybridized carbons (Fsp3) is 0.234. The van der Waals surface area contributed by atoms with Crippen molar-refractivity contribution in [3.8, 4) is 28.7 Å². The van der Waals surface area contributed by atoms with Crippen molar-refractivity contribution in [3.63, 3.8) is 0 Å². The summed E-state index contributed by atoms with van der Waals surface area (Å²) in [7, 11) is 0. The summed E-state index contributed by atoms with van der Waals surface area (Å²) < 4.78 is 26.8. The quantitative estimate of drug-likeness (QED) is 0.0449. The van der Waals surface area contributed by atoms with E-state index in [1.165, 1.54) is 24.3 Å². The first-order valence-corrected chi connectivity index (χ1v) is 20.0. The van der Waals surface area contributed by atoms with Crippen LogP contribution in [0.25, 0.3) is 0 Å². The Morgan fingerprint density at radius 2 is 1.12 bits per heavy atom. The van der Waals surface area contributed by atoms with Crippen LogP contribution in [0, 0.1) is 10.1 Å². The highest BCUT2D eigenvalue weighted by molar-refractivity contribution is 5.88. The van der Waals surface area contributed by atoms with E-state index in [1.54, 1.807) is 49.1 Å². The van der Waals surface area contributed by atoms with E-state index in [0.29, 0.717) is 41.9 Å². The second-order valence-electron chi connectivity index (χ2n) is 16.0. The van der Waals surface area contributed by atoms with E-state index in [2.05, 4.69) is 30.9 Å². The minimum atomic E-state index is -0.519. The van der Waals surface area contributed by atoms with Crippen LogP contribution in [0.3, 0.4) is 0 Å². The Hall–Kier alpha value is -7.92. The van der Waals surface area contributed by atoms with E-state index in [9.17, 15) is 19.7 Å². The number of hydrogen-bond donors (Lipinski definition) is 3. The van der Waals surface area contributed by atoms with Gasteiger partial charge >= 0.3 is 12.0 Å². The van der Waals surface area contributed by atoms with Crippen LogP contribution in [0.2, 0.25) is 0 Å². The normalized spacial score (nSPS) is 10.9. The zero-order valence-electron chi connectivity index (χ0n) is 36.3. The largest absolute Gasteiger partial charge is 0.457 e. The molecule has 64 heavy (non-hydrogen) atoms. The third kappa shape index (κ3) is 15.5. The van der Waals surface area contributed by atoms with E-state index in [1.807, 2.05) is 102 Å². The molecule has 0 fully saturated rings. The van der Waals surface area contributed by atoms with E-state index in [0.717, 1.165) is 28.4 Å². The van der Waals surface area contributed by atoms with Gasteiger partial charge in [0.1, 0.15) is 40.3 Å². The van der Waals surface area contributed by atoms with Gasteiger partial charge < -0.3 is 34.3 Å². The van der Waals surface area contributed by atoms with Crippen molar-refractivity contribution in [1.29, 1.82) is 0 Å². The number of nitro groups is 1. The van der Waals surface area contributed by atoms with E-state index in [-0.39, 0.29) is 34.7 Å². The number of benzene rings is 3. The lowest BCUT2D eigenvalue weighted by Crippen LogP contribution is -2.28. The average molecular weight is 871 g/mol. The highest BCUT2D eigenvalue weighted by atomic mass is 16.6. The molecule has 2 amide bonds. The fourth-order valence-electron chi connectivity index (χ4n) is 5.18. The molecule has 0 aliphatic carbocycles. The number of nitrogens with two attached hydrogens (primary N) is 1. The summed E-state index contributed by atoms with van der Waals surface area (Å²) in [6, 6.07) is 30.8. The topological polar surface area (TPSA) is 233 Å². The minimum Gasteiger partial charge on any atom is -0.457 e. The van der Waals surface area contributed by atoms with Gasteiger partial charge in [-0.1, -0.05) is 76.1 Å². The number of urea groups is 1. The number of nitrogens with zero attached hydrogens (tertiary/aromatic N) is 5. The van der Waals surface area contributed by atoms with Gasteiger partial charge in [0.2, 0.25) is 0 Å². The number of nitrogens with one attached hydrogen (secondary N) is 2. The van der Waals surface area contributed by atoms with E-state index < -0.39 is 10.9 Å². The van der Waals surface area contributed by atoms with Gasteiger partial charge in [0.25, 0.3) is 5.69 Å². The summed E-state index contributed by atoms with van der Waals surface area (Å²) in [5.41, 5.74) is 7.61. The predicted octanol–water partition coefficient (Wildman–Crippen LogP) is 9.84. The van der Waals surface area contributed by atoms with Crippen molar-refractivity contribution < 1.29 is 37.8 Å². The van der Waals surface area contributed by atoms with Crippen LogP contribution in [-0.4, -0.2) is 37.2 Å². The number of pyridine rings is 2. The first-order chi connectivity index (χ1) is 30.5. The second-order valence-corrected chi connectivity index (χ2v) is 16.0. The molecule has 7 rings (SSSR count). The summed E-state index contributed by atoms with van der Waals surface area (Å²) in [6.07, 6.45) is 6.71. The molecule has 0 spiro atoms. The average Bonchev–Trinajstić information content (AvgIpc) is 3.96. The molecule has 4 heterocycles. The number of nitro benzene ring substituents is 1. The second kappa shape index (κ2) is 22.3. The third-order valence-corrected chi connectivity index (χ3v) is 8.70. The standard InChI is InChI=1S/C20H22N4O3.C15H16N2O5.C12H12N2O/c1-20(2,3)17-12-18(24-27-17)23-19(25)22-13-14-4-6-15(7-5-14)26-16-8-10-21-11-9-16;1-15(2,3)13-8-10(16-22-13)9-14(18)21-12-6-4-11(5-7-12)17(19)20;13-9-10-1-3-11(4-2-10)15-12-5-7-14-8-6-12/h4-12H,13H2,1-3H3,(H2,22,23,24,25);4-8H,9H2,1-3H3;1-8H,9,13H2. The number of hydrogen-bond acceptors (Lipinski definition) is 14. The van der Waals surface area contributed by atoms with Gasteiger partial charge in [-0.2, -0.15) is 0 Å². The molecule has 0 bridgehead atoms. The Morgan fingerprint density at radius 3 is 1.59 bits per heavy atom. The maximum atomic E-state index is 12.0. The maximum absolute atomic E-state index is 12.0. The highest BCUT2D eigenvalue weighted by Gasteiger charge is 2.22. The Balaban J connectivity index is 0.000000188.